The van der Waals surface area contributed by atoms with Crippen molar-refractivity contribution in [1.29, 1.82) is 0 Å². The van der Waals surface area contributed by atoms with Crippen LogP contribution in [0.15, 0.2) is 30.7 Å². The molecular formula is C15H19N3O2. The van der Waals surface area contributed by atoms with Gasteiger partial charge in [0.1, 0.15) is 11.2 Å². The molecule has 5 heteroatoms. The van der Waals surface area contributed by atoms with E-state index in [-0.39, 0.29) is 12.1 Å². The van der Waals surface area contributed by atoms with Gasteiger partial charge >= 0.3 is 6.09 Å². The van der Waals surface area contributed by atoms with E-state index in [1.165, 1.54) is 0 Å². The van der Waals surface area contributed by atoms with Crippen LogP contribution in [0.4, 0.5) is 10.5 Å². The van der Waals surface area contributed by atoms with Gasteiger partial charge in [0.25, 0.3) is 0 Å². The number of hydrogen-bond donors (Lipinski definition) is 0. The lowest BCUT2D eigenvalue weighted by molar-refractivity contribution is 0.0578. The van der Waals surface area contributed by atoms with Crippen LogP contribution in [0.2, 0.25) is 0 Å². The summed E-state index contributed by atoms with van der Waals surface area (Å²) in [7, 11) is 0. The minimum absolute atomic E-state index is 0.252. The minimum Gasteiger partial charge on any atom is -0.443 e. The molecule has 0 atom stereocenters. The summed E-state index contributed by atoms with van der Waals surface area (Å²) in [5.74, 6) is 0. The van der Waals surface area contributed by atoms with Crippen molar-refractivity contribution in [2.24, 2.45) is 0 Å². The van der Waals surface area contributed by atoms with Crippen LogP contribution in [0.5, 0.6) is 0 Å². The number of carbonyl (C=O) groups excluding carboxylic acids is 1. The summed E-state index contributed by atoms with van der Waals surface area (Å²) in [6.45, 7) is 5.65. The van der Waals surface area contributed by atoms with E-state index in [0.717, 1.165) is 24.2 Å². The molecule has 2 aromatic rings. The summed E-state index contributed by atoms with van der Waals surface area (Å²) in [5, 5.41) is 0. The fourth-order valence-electron chi connectivity index (χ4n) is 2.17. The van der Waals surface area contributed by atoms with Crippen LogP contribution in [0, 0.1) is 0 Å². The Morgan fingerprint density at radius 2 is 2.20 bits per heavy atom. The van der Waals surface area contributed by atoms with Gasteiger partial charge in [0.05, 0.1) is 5.69 Å². The molecule has 0 aromatic carbocycles. The monoisotopic (exact) mass is 273 g/mol. The lowest BCUT2D eigenvalue weighted by Crippen LogP contribution is -2.38. The van der Waals surface area contributed by atoms with Crippen LogP contribution in [-0.2, 0) is 4.74 Å². The average molecular weight is 273 g/mol. The number of ether oxygens (including phenoxy) is 1. The molecule has 1 amide bonds. The van der Waals surface area contributed by atoms with E-state index in [2.05, 4.69) is 4.98 Å². The first kappa shape index (κ1) is 13.0. The maximum atomic E-state index is 12.4. The Morgan fingerprint density at radius 3 is 2.80 bits per heavy atom. The molecule has 0 unspecified atom stereocenters. The van der Waals surface area contributed by atoms with E-state index < -0.39 is 5.60 Å². The van der Waals surface area contributed by atoms with Crippen molar-refractivity contribution >= 4 is 17.4 Å². The highest BCUT2D eigenvalue weighted by molar-refractivity contribution is 5.90. The third-order valence-electron chi connectivity index (χ3n) is 3.13. The number of fused-ring (bicyclic) bond motifs is 1. The Balaban J connectivity index is 1.92. The van der Waals surface area contributed by atoms with Crippen molar-refractivity contribution in [1.82, 2.24) is 9.38 Å². The summed E-state index contributed by atoms with van der Waals surface area (Å²) in [5.41, 5.74) is 1.19. The second-order valence-electron chi connectivity index (χ2n) is 6.16. The normalized spacial score (nSPS) is 15.3. The quantitative estimate of drug-likeness (QED) is 0.844. The topological polar surface area (TPSA) is 46.8 Å². The van der Waals surface area contributed by atoms with E-state index in [1.54, 1.807) is 11.1 Å². The summed E-state index contributed by atoms with van der Waals surface area (Å²) < 4.78 is 7.42. The zero-order valence-electron chi connectivity index (χ0n) is 12.0. The Hall–Kier alpha value is -2.04. The minimum atomic E-state index is -0.484. The Morgan fingerprint density at radius 1 is 1.45 bits per heavy atom. The predicted octanol–water partition coefficient (Wildman–Crippen LogP) is 3.24. The highest BCUT2D eigenvalue weighted by atomic mass is 16.6. The molecule has 3 rings (SSSR count). The molecule has 1 fully saturated rings. The maximum absolute atomic E-state index is 12.4. The molecule has 0 aliphatic heterocycles. The molecule has 5 nitrogen and oxygen atoms in total. The first-order chi connectivity index (χ1) is 9.44. The number of anilines is 1. The summed E-state index contributed by atoms with van der Waals surface area (Å²) >= 11 is 0. The maximum Gasteiger partial charge on any atom is 0.415 e. The van der Waals surface area contributed by atoms with Crippen LogP contribution >= 0.6 is 0 Å². The van der Waals surface area contributed by atoms with Gasteiger partial charge in [0, 0.05) is 30.7 Å². The number of carbonyl (C=O) groups is 1. The van der Waals surface area contributed by atoms with Gasteiger partial charge in [0.2, 0.25) is 0 Å². The Bertz CT molecular complexity index is 605. The van der Waals surface area contributed by atoms with Crippen molar-refractivity contribution in [2.75, 3.05) is 4.90 Å². The molecule has 0 N–H and O–H groups in total. The van der Waals surface area contributed by atoms with Crippen LogP contribution in [0.3, 0.4) is 0 Å². The van der Waals surface area contributed by atoms with E-state index >= 15 is 0 Å². The number of amides is 1. The molecule has 106 valence electrons. The van der Waals surface area contributed by atoms with Gasteiger partial charge in [-0.2, -0.15) is 0 Å². The summed E-state index contributed by atoms with van der Waals surface area (Å²) in [4.78, 5) is 18.4. The lowest BCUT2D eigenvalue weighted by Gasteiger charge is -2.26. The van der Waals surface area contributed by atoms with Crippen LogP contribution < -0.4 is 4.90 Å². The van der Waals surface area contributed by atoms with Gasteiger partial charge in [-0.3, -0.25) is 4.90 Å². The van der Waals surface area contributed by atoms with Crippen molar-refractivity contribution in [3.05, 3.63) is 30.7 Å². The molecule has 0 spiro atoms. The van der Waals surface area contributed by atoms with Crippen molar-refractivity contribution in [2.45, 2.75) is 45.3 Å². The van der Waals surface area contributed by atoms with Crippen molar-refractivity contribution in [3.63, 3.8) is 0 Å². The Kier molecular flexibility index (Phi) is 2.92. The molecule has 0 radical (unpaired) electrons. The molecule has 1 aliphatic carbocycles. The van der Waals surface area contributed by atoms with Gasteiger partial charge in [-0.05, 0) is 39.7 Å². The predicted molar refractivity (Wildman–Crippen MR) is 76.9 cm³/mol. The smallest absolute Gasteiger partial charge is 0.415 e. The second kappa shape index (κ2) is 4.51. The van der Waals surface area contributed by atoms with Crippen LogP contribution in [0.25, 0.3) is 5.65 Å². The molecule has 20 heavy (non-hydrogen) atoms. The molecular weight excluding hydrogens is 254 g/mol. The number of rotatable bonds is 2. The molecule has 0 saturated heterocycles. The van der Waals surface area contributed by atoms with Gasteiger partial charge in [-0.25, -0.2) is 9.78 Å². The van der Waals surface area contributed by atoms with Crippen LogP contribution in [-0.4, -0.2) is 27.1 Å². The number of aromatic nitrogens is 2. The van der Waals surface area contributed by atoms with Gasteiger partial charge in [0.15, 0.2) is 0 Å². The molecule has 1 aliphatic rings. The highest BCUT2D eigenvalue weighted by Gasteiger charge is 2.37. The highest BCUT2D eigenvalue weighted by Crippen LogP contribution is 2.33. The third-order valence-corrected chi connectivity index (χ3v) is 3.13. The SMILES string of the molecule is CC(C)(C)OC(=O)N(c1cc2ncccn2c1)C1CC1. The molecule has 2 heterocycles. The fourth-order valence-corrected chi connectivity index (χ4v) is 2.17. The number of hydrogen-bond acceptors (Lipinski definition) is 3. The van der Waals surface area contributed by atoms with Gasteiger partial charge in [-0.15, -0.1) is 0 Å². The first-order valence-corrected chi connectivity index (χ1v) is 6.89. The zero-order valence-corrected chi connectivity index (χ0v) is 12.0. The Labute approximate surface area is 118 Å². The van der Waals surface area contributed by atoms with Gasteiger partial charge in [-0.1, -0.05) is 0 Å². The average Bonchev–Trinajstić information content (AvgIpc) is 3.06. The summed E-state index contributed by atoms with van der Waals surface area (Å²) in [6, 6.07) is 4.04. The fraction of sp³-hybridized carbons (Fsp3) is 0.467. The first-order valence-electron chi connectivity index (χ1n) is 6.89. The van der Waals surface area contributed by atoms with Crippen LogP contribution in [0.1, 0.15) is 33.6 Å². The molecule has 0 bridgehead atoms. The van der Waals surface area contributed by atoms with E-state index in [9.17, 15) is 4.79 Å². The second-order valence-corrected chi connectivity index (χ2v) is 6.16. The molecule has 2 aromatic heterocycles. The van der Waals surface area contributed by atoms with Crippen molar-refractivity contribution < 1.29 is 9.53 Å². The zero-order chi connectivity index (χ0) is 14.3. The van der Waals surface area contributed by atoms with E-state index in [0.29, 0.717) is 0 Å². The lowest BCUT2D eigenvalue weighted by atomic mass is 10.2. The van der Waals surface area contributed by atoms with E-state index in [4.69, 9.17) is 4.74 Å². The largest absolute Gasteiger partial charge is 0.443 e. The van der Waals surface area contributed by atoms with Crippen molar-refractivity contribution in [3.8, 4) is 0 Å². The molecule has 1 saturated carbocycles. The summed E-state index contributed by atoms with van der Waals surface area (Å²) in [6.07, 6.45) is 7.36. The van der Waals surface area contributed by atoms with E-state index in [1.807, 2.05) is 49.7 Å². The number of nitrogens with zero attached hydrogens (tertiary/aromatic N) is 3. The standard InChI is InChI=1S/C15H19N3O2/c1-15(2,3)20-14(19)18(11-5-6-11)12-9-13-16-7-4-8-17(13)10-12/h4,7-11H,5-6H2,1-3H3. The van der Waals surface area contributed by atoms with Gasteiger partial charge < -0.3 is 9.14 Å². The third kappa shape index (κ3) is 2.61.